The fourth-order valence-electron chi connectivity index (χ4n) is 2.46. The molecular formula is C16H21NO3S. The summed E-state index contributed by atoms with van der Waals surface area (Å²) in [5.74, 6) is 5.98. The van der Waals surface area contributed by atoms with E-state index >= 15 is 0 Å². The Morgan fingerprint density at radius 1 is 1.52 bits per heavy atom. The standard InChI is InChI=1S/C16H21NO3S/c1-20-16(19)14-5-7-17(8-6-14)11-15-10-13(12-21-15)4-2-3-9-18/h10,12,14,18H,3,5-9,11H2,1H3. The van der Waals surface area contributed by atoms with E-state index in [-0.39, 0.29) is 18.5 Å². The quantitative estimate of drug-likeness (QED) is 0.681. The second-order valence-electron chi connectivity index (χ2n) is 5.15. The SMILES string of the molecule is COC(=O)C1CCN(Cc2cc(C#CCCO)cs2)CC1. The van der Waals surface area contributed by atoms with Crippen molar-refractivity contribution in [2.24, 2.45) is 5.92 Å². The third kappa shape index (κ3) is 4.85. The summed E-state index contributed by atoms with van der Waals surface area (Å²) in [7, 11) is 1.46. The first kappa shape index (κ1) is 16.0. The lowest BCUT2D eigenvalue weighted by Gasteiger charge is -2.30. The number of esters is 1. The van der Waals surface area contributed by atoms with Crippen LogP contribution in [-0.2, 0) is 16.1 Å². The fraction of sp³-hybridized carbons (Fsp3) is 0.562. The van der Waals surface area contributed by atoms with E-state index < -0.39 is 0 Å². The van der Waals surface area contributed by atoms with E-state index in [9.17, 15) is 4.79 Å². The molecular weight excluding hydrogens is 286 g/mol. The molecule has 0 atom stereocenters. The van der Waals surface area contributed by atoms with E-state index in [1.807, 2.05) is 0 Å². The molecule has 0 aliphatic carbocycles. The van der Waals surface area contributed by atoms with Crippen LogP contribution >= 0.6 is 11.3 Å². The van der Waals surface area contributed by atoms with Gasteiger partial charge in [-0.3, -0.25) is 9.69 Å². The van der Waals surface area contributed by atoms with Crippen LogP contribution in [0.25, 0.3) is 0 Å². The molecule has 1 aliphatic rings. The number of aliphatic hydroxyl groups is 1. The first-order chi connectivity index (χ1) is 10.2. The van der Waals surface area contributed by atoms with Gasteiger partial charge in [-0.2, -0.15) is 0 Å². The Bertz CT molecular complexity index is 521. The maximum absolute atomic E-state index is 11.5. The molecule has 21 heavy (non-hydrogen) atoms. The number of hydrogen-bond donors (Lipinski definition) is 1. The molecule has 2 heterocycles. The number of likely N-dealkylation sites (tertiary alicyclic amines) is 1. The predicted octanol–water partition coefficient (Wildman–Crippen LogP) is 1.87. The number of ether oxygens (including phenoxy) is 1. The lowest BCUT2D eigenvalue weighted by Crippen LogP contribution is -2.36. The minimum absolute atomic E-state index is 0.0643. The maximum atomic E-state index is 11.5. The lowest BCUT2D eigenvalue weighted by atomic mass is 9.97. The van der Waals surface area contributed by atoms with Crippen molar-refractivity contribution in [2.75, 3.05) is 26.8 Å². The molecule has 0 aromatic carbocycles. The topological polar surface area (TPSA) is 49.8 Å². The highest BCUT2D eigenvalue weighted by Crippen LogP contribution is 2.22. The smallest absolute Gasteiger partial charge is 0.308 e. The van der Waals surface area contributed by atoms with E-state index in [4.69, 9.17) is 9.84 Å². The van der Waals surface area contributed by atoms with Gasteiger partial charge in [-0.05, 0) is 32.0 Å². The Labute approximate surface area is 129 Å². The van der Waals surface area contributed by atoms with Crippen molar-refractivity contribution in [3.8, 4) is 11.8 Å². The Hall–Kier alpha value is -1.35. The van der Waals surface area contributed by atoms with Crippen LogP contribution in [0, 0.1) is 17.8 Å². The van der Waals surface area contributed by atoms with Crippen LogP contribution < -0.4 is 0 Å². The first-order valence-electron chi connectivity index (χ1n) is 7.20. The fourth-order valence-corrected chi connectivity index (χ4v) is 3.32. The molecule has 1 saturated heterocycles. The molecule has 5 heteroatoms. The molecule has 1 aromatic rings. The van der Waals surface area contributed by atoms with Crippen LogP contribution in [0.2, 0.25) is 0 Å². The van der Waals surface area contributed by atoms with Crippen molar-refractivity contribution in [1.29, 1.82) is 0 Å². The van der Waals surface area contributed by atoms with Crippen LogP contribution in [0.3, 0.4) is 0 Å². The van der Waals surface area contributed by atoms with Gasteiger partial charge < -0.3 is 9.84 Å². The maximum Gasteiger partial charge on any atom is 0.308 e. The minimum atomic E-state index is -0.0767. The van der Waals surface area contributed by atoms with Gasteiger partial charge in [0.25, 0.3) is 0 Å². The van der Waals surface area contributed by atoms with Crippen molar-refractivity contribution in [3.63, 3.8) is 0 Å². The highest BCUT2D eigenvalue weighted by Gasteiger charge is 2.25. The van der Waals surface area contributed by atoms with Crippen LogP contribution in [0.15, 0.2) is 11.4 Å². The number of aliphatic hydroxyl groups excluding tert-OH is 1. The highest BCUT2D eigenvalue weighted by atomic mass is 32.1. The Morgan fingerprint density at radius 3 is 2.95 bits per heavy atom. The lowest BCUT2D eigenvalue weighted by molar-refractivity contribution is -0.147. The molecule has 0 saturated carbocycles. The number of carbonyl (C=O) groups is 1. The van der Waals surface area contributed by atoms with Crippen molar-refractivity contribution in [3.05, 3.63) is 21.9 Å². The summed E-state index contributed by atoms with van der Waals surface area (Å²) >= 11 is 1.71. The number of methoxy groups -OCH3 is 1. The largest absolute Gasteiger partial charge is 0.469 e. The predicted molar refractivity (Wildman–Crippen MR) is 82.9 cm³/mol. The molecule has 0 unspecified atom stereocenters. The number of rotatable bonds is 4. The number of thiophene rings is 1. The van der Waals surface area contributed by atoms with Gasteiger partial charge in [-0.1, -0.05) is 11.8 Å². The summed E-state index contributed by atoms with van der Waals surface area (Å²) in [6.45, 7) is 2.89. The molecule has 114 valence electrons. The second kappa shape index (κ2) is 8.18. The first-order valence-corrected chi connectivity index (χ1v) is 8.08. The summed E-state index contributed by atoms with van der Waals surface area (Å²) in [4.78, 5) is 15.2. The zero-order chi connectivity index (χ0) is 15.1. The molecule has 1 fully saturated rings. The van der Waals surface area contributed by atoms with Gasteiger partial charge in [0.15, 0.2) is 0 Å². The third-order valence-corrected chi connectivity index (χ3v) is 4.55. The van der Waals surface area contributed by atoms with Crippen molar-refractivity contribution >= 4 is 17.3 Å². The molecule has 1 N–H and O–H groups in total. The molecule has 2 rings (SSSR count). The molecule has 4 nitrogen and oxygen atoms in total. The van der Waals surface area contributed by atoms with Crippen LogP contribution in [0.5, 0.6) is 0 Å². The van der Waals surface area contributed by atoms with E-state index in [1.54, 1.807) is 11.3 Å². The van der Waals surface area contributed by atoms with E-state index in [0.29, 0.717) is 6.42 Å². The second-order valence-corrected chi connectivity index (χ2v) is 6.15. The van der Waals surface area contributed by atoms with Crippen LogP contribution in [-0.4, -0.2) is 42.8 Å². The molecule has 0 spiro atoms. The molecule has 1 aromatic heterocycles. The Morgan fingerprint density at radius 2 is 2.29 bits per heavy atom. The zero-order valence-electron chi connectivity index (χ0n) is 12.3. The van der Waals surface area contributed by atoms with Gasteiger partial charge in [0.2, 0.25) is 0 Å². The Kier molecular flexibility index (Phi) is 6.24. The van der Waals surface area contributed by atoms with Crippen molar-refractivity contribution in [1.82, 2.24) is 4.90 Å². The monoisotopic (exact) mass is 307 g/mol. The van der Waals surface area contributed by atoms with E-state index in [2.05, 4.69) is 28.2 Å². The van der Waals surface area contributed by atoms with E-state index in [0.717, 1.165) is 38.0 Å². The van der Waals surface area contributed by atoms with Gasteiger partial charge in [-0.15, -0.1) is 11.3 Å². The van der Waals surface area contributed by atoms with Crippen molar-refractivity contribution in [2.45, 2.75) is 25.8 Å². The summed E-state index contributed by atoms with van der Waals surface area (Å²) in [6, 6.07) is 2.11. The summed E-state index contributed by atoms with van der Waals surface area (Å²) < 4.78 is 4.80. The van der Waals surface area contributed by atoms with E-state index in [1.165, 1.54) is 12.0 Å². The number of carbonyl (C=O) groups excluding carboxylic acids is 1. The summed E-state index contributed by atoms with van der Waals surface area (Å²) in [6.07, 6.45) is 2.27. The van der Waals surface area contributed by atoms with Crippen molar-refractivity contribution < 1.29 is 14.6 Å². The van der Waals surface area contributed by atoms with Gasteiger partial charge in [0.1, 0.15) is 0 Å². The van der Waals surface area contributed by atoms with Crippen LogP contribution in [0.1, 0.15) is 29.7 Å². The number of nitrogens with zero attached hydrogens (tertiary/aromatic N) is 1. The minimum Gasteiger partial charge on any atom is -0.469 e. The molecule has 0 amide bonds. The molecule has 0 radical (unpaired) electrons. The average molecular weight is 307 g/mol. The number of hydrogen-bond acceptors (Lipinski definition) is 5. The summed E-state index contributed by atoms with van der Waals surface area (Å²) in [5, 5.41) is 10.8. The summed E-state index contributed by atoms with van der Waals surface area (Å²) in [5.41, 5.74) is 1.02. The average Bonchev–Trinajstić information content (AvgIpc) is 2.95. The number of piperidine rings is 1. The normalized spacial score (nSPS) is 16.3. The van der Waals surface area contributed by atoms with Gasteiger partial charge in [0, 0.05) is 28.8 Å². The highest BCUT2D eigenvalue weighted by molar-refractivity contribution is 7.10. The Balaban J connectivity index is 1.81. The zero-order valence-corrected chi connectivity index (χ0v) is 13.1. The van der Waals surface area contributed by atoms with Gasteiger partial charge in [0.05, 0.1) is 19.6 Å². The van der Waals surface area contributed by atoms with Gasteiger partial charge >= 0.3 is 5.97 Å². The van der Waals surface area contributed by atoms with Gasteiger partial charge in [-0.25, -0.2) is 0 Å². The third-order valence-electron chi connectivity index (χ3n) is 3.62. The molecule has 0 bridgehead atoms. The molecule has 1 aliphatic heterocycles. The van der Waals surface area contributed by atoms with Crippen LogP contribution in [0.4, 0.5) is 0 Å².